The predicted molar refractivity (Wildman–Crippen MR) is 79.7 cm³/mol. The van der Waals surface area contributed by atoms with Crippen LogP contribution in [0.15, 0.2) is 35.6 Å². The Morgan fingerprint density at radius 3 is 2.33 bits per heavy atom. The number of benzene rings is 1. The zero-order chi connectivity index (χ0) is 17.6. The van der Waals surface area contributed by atoms with Crippen LogP contribution >= 0.6 is 0 Å². The first kappa shape index (κ1) is 15.5. The van der Waals surface area contributed by atoms with Gasteiger partial charge in [-0.1, -0.05) is 17.7 Å². The van der Waals surface area contributed by atoms with Crippen molar-refractivity contribution in [1.82, 2.24) is 10.6 Å². The number of anilines is 1. The number of esters is 1. The van der Waals surface area contributed by atoms with Crippen molar-refractivity contribution in [3.05, 3.63) is 41.2 Å². The van der Waals surface area contributed by atoms with Crippen molar-refractivity contribution in [3.8, 4) is 0 Å². The summed E-state index contributed by atoms with van der Waals surface area (Å²) in [5, 5.41) is 14.4. The SMILES string of the molecule is COC(=O)C1=C(O)C(=O)N(c2ccc(C)cc2)C12NC(=O)NC2=O. The second-order valence-corrected chi connectivity index (χ2v) is 5.31. The number of carbonyl (C=O) groups excluding carboxylic acids is 4. The molecule has 0 aromatic heterocycles. The topological polar surface area (TPSA) is 125 Å². The molecule has 2 heterocycles. The molecule has 9 heteroatoms. The van der Waals surface area contributed by atoms with Gasteiger partial charge < -0.3 is 15.2 Å². The fourth-order valence-electron chi connectivity index (χ4n) is 2.78. The molecule has 0 aliphatic carbocycles. The van der Waals surface area contributed by atoms with Crippen LogP contribution in [-0.4, -0.2) is 41.7 Å². The third-order valence-corrected chi connectivity index (χ3v) is 3.87. The molecule has 124 valence electrons. The first-order valence-electron chi connectivity index (χ1n) is 6.89. The number of nitrogens with one attached hydrogen (secondary N) is 2. The Hall–Kier alpha value is -3.36. The highest BCUT2D eigenvalue weighted by Gasteiger charge is 2.65. The number of aliphatic hydroxyl groups excluding tert-OH is 1. The maximum absolute atomic E-state index is 12.5. The van der Waals surface area contributed by atoms with Gasteiger partial charge in [-0.15, -0.1) is 0 Å². The number of imide groups is 1. The van der Waals surface area contributed by atoms with Crippen molar-refractivity contribution >= 4 is 29.5 Å². The van der Waals surface area contributed by atoms with Crippen molar-refractivity contribution < 1.29 is 29.0 Å². The highest BCUT2D eigenvalue weighted by Crippen LogP contribution is 2.39. The van der Waals surface area contributed by atoms with Gasteiger partial charge in [-0.05, 0) is 19.1 Å². The third-order valence-electron chi connectivity index (χ3n) is 3.87. The van der Waals surface area contributed by atoms with E-state index in [1.807, 2.05) is 12.2 Å². The number of amides is 4. The lowest BCUT2D eigenvalue weighted by Gasteiger charge is -2.33. The maximum Gasteiger partial charge on any atom is 0.342 e. The normalized spacial score (nSPS) is 22.9. The van der Waals surface area contributed by atoms with Crippen LogP contribution in [0, 0.1) is 6.92 Å². The predicted octanol–water partition coefficient (Wildman–Crippen LogP) is -0.138. The first-order chi connectivity index (χ1) is 11.3. The van der Waals surface area contributed by atoms with E-state index in [1.165, 1.54) is 12.1 Å². The summed E-state index contributed by atoms with van der Waals surface area (Å²) in [7, 11) is 1.03. The van der Waals surface area contributed by atoms with Crippen LogP contribution in [0.4, 0.5) is 10.5 Å². The molecule has 3 rings (SSSR count). The highest BCUT2D eigenvalue weighted by molar-refractivity contribution is 6.27. The van der Waals surface area contributed by atoms with Gasteiger partial charge >= 0.3 is 12.0 Å². The third kappa shape index (κ3) is 1.87. The van der Waals surface area contributed by atoms with E-state index in [0.29, 0.717) is 0 Å². The van der Waals surface area contributed by atoms with Gasteiger partial charge in [0.25, 0.3) is 11.8 Å². The van der Waals surface area contributed by atoms with Crippen LogP contribution in [0.25, 0.3) is 0 Å². The molecule has 1 fully saturated rings. The lowest BCUT2D eigenvalue weighted by molar-refractivity contribution is -0.138. The Morgan fingerprint density at radius 1 is 1.21 bits per heavy atom. The van der Waals surface area contributed by atoms with Crippen molar-refractivity contribution in [2.24, 2.45) is 0 Å². The molecule has 4 amide bonds. The highest BCUT2D eigenvalue weighted by atomic mass is 16.5. The van der Waals surface area contributed by atoms with Crippen molar-refractivity contribution in [2.75, 3.05) is 12.0 Å². The second kappa shape index (κ2) is 5.08. The summed E-state index contributed by atoms with van der Waals surface area (Å²) in [5.74, 6) is -4.03. The van der Waals surface area contributed by atoms with Gasteiger partial charge in [-0.3, -0.25) is 19.8 Å². The molecule has 9 nitrogen and oxygen atoms in total. The zero-order valence-electron chi connectivity index (χ0n) is 12.7. The minimum absolute atomic E-state index is 0.216. The monoisotopic (exact) mass is 331 g/mol. The number of urea groups is 1. The Labute approximate surface area is 135 Å². The fourth-order valence-corrected chi connectivity index (χ4v) is 2.78. The van der Waals surface area contributed by atoms with E-state index in [0.717, 1.165) is 17.6 Å². The standard InChI is InChI=1S/C15H13N3O6/c1-7-3-5-8(6-4-7)18-11(20)10(19)9(12(21)24-2)15(18)13(22)16-14(23)17-15/h3-6,19H,1-2H3,(H2,16,17,22,23). The number of methoxy groups -OCH3 is 1. The Kier molecular flexibility index (Phi) is 3.29. The lowest BCUT2D eigenvalue weighted by atomic mass is 9.99. The van der Waals surface area contributed by atoms with Gasteiger partial charge in [0, 0.05) is 5.69 Å². The molecule has 1 atom stereocenters. The van der Waals surface area contributed by atoms with Gasteiger partial charge in [0.05, 0.1) is 7.11 Å². The first-order valence-corrected chi connectivity index (χ1v) is 6.89. The van der Waals surface area contributed by atoms with E-state index in [2.05, 4.69) is 10.1 Å². The molecular formula is C15H13N3O6. The van der Waals surface area contributed by atoms with E-state index in [1.54, 1.807) is 12.1 Å². The van der Waals surface area contributed by atoms with Crippen molar-refractivity contribution in [1.29, 1.82) is 0 Å². The average Bonchev–Trinajstić information content (AvgIpc) is 2.94. The number of ether oxygens (including phenoxy) is 1. The maximum atomic E-state index is 12.5. The van der Waals surface area contributed by atoms with Crippen LogP contribution in [0.5, 0.6) is 0 Å². The molecule has 1 aromatic carbocycles. The molecule has 0 saturated carbocycles. The van der Waals surface area contributed by atoms with Crippen LogP contribution in [0.1, 0.15) is 5.56 Å². The number of aryl methyl sites for hydroxylation is 1. The summed E-state index contributed by atoms with van der Waals surface area (Å²) in [6.07, 6.45) is 0. The summed E-state index contributed by atoms with van der Waals surface area (Å²) in [6.45, 7) is 1.82. The number of rotatable bonds is 2. The second-order valence-electron chi connectivity index (χ2n) is 5.31. The number of aliphatic hydroxyl groups is 1. The van der Waals surface area contributed by atoms with Gasteiger partial charge in [0.2, 0.25) is 5.66 Å². The van der Waals surface area contributed by atoms with Crippen LogP contribution in [-0.2, 0) is 19.1 Å². The minimum atomic E-state index is -2.19. The molecule has 24 heavy (non-hydrogen) atoms. The average molecular weight is 331 g/mol. The quantitative estimate of drug-likeness (QED) is 0.512. The molecule has 3 N–H and O–H groups in total. The van der Waals surface area contributed by atoms with Crippen LogP contribution < -0.4 is 15.5 Å². The molecule has 1 saturated heterocycles. The van der Waals surface area contributed by atoms with Crippen LogP contribution in [0.3, 0.4) is 0 Å². The fraction of sp³-hybridized carbons (Fsp3) is 0.200. The molecule has 0 radical (unpaired) electrons. The number of hydrogen-bond donors (Lipinski definition) is 3. The molecule has 1 unspecified atom stereocenters. The summed E-state index contributed by atoms with van der Waals surface area (Å²) in [5.41, 5.74) is -1.72. The van der Waals surface area contributed by atoms with Crippen molar-refractivity contribution in [2.45, 2.75) is 12.6 Å². The Balaban J connectivity index is 2.24. The van der Waals surface area contributed by atoms with E-state index in [-0.39, 0.29) is 5.69 Å². The Bertz CT molecular complexity index is 813. The molecular weight excluding hydrogens is 318 g/mol. The van der Waals surface area contributed by atoms with Gasteiger partial charge in [-0.25, -0.2) is 9.59 Å². The molecule has 2 aliphatic heterocycles. The summed E-state index contributed by atoms with van der Waals surface area (Å²) >= 11 is 0. The van der Waals surface area contributed by atoms with E-state index in [4.69, 9.17) is 0 Å². The molecule has 2 aliphatic rings. The van der Waals surface area contributed by atoms with Gasteiger partial charge in [-0.2, -0.15) is 0 Å². The summed E-state index contributed by atoms with van der Waals surface area (Å²) < 4.78 is 4.56. The van der Waals surface area contributed by atoms with E-state index < -0.39 is 40.8 Å². The lowest BCUT2D eigenvalue weighted by Crippen LogP contribution is -2.62. The number of hydrogen-bond acceptors (Lipinski definition) is 6. The summed E-state index contributed by atoms with van der Waals surface area (Å²) in [4.78, 5) is 49.6. The minimum Gasteiger partial charge on any atom is -0.503 e. The molecule has 0 bridgehead atoms. The molecule has 1 spiro atoms. The van der Waals surface area contributed by atoms with Gasteiger partial charge in [0.1, 0.15) is 5.57 Å². The van der Waals surface area contributed by atoms with E-state index in [9.17, 15) is 24.3 Å². The number of carbonyl (C=O) groups is 4. The van der Waals surface area contributed by atoms with Crippen LogP contribution in [0.2, 0.25) is 0 Å². The summed E-state index contributed by atoms with van der Waals surface area (Å²) in [6, 6.07) is 5.51. The zero-order valence-corrected chi connectivity index (χ0v) is 12.7. The van der Waals surface area contributed by atoms with Gasteiger partial charge in [0.15, 0.2) is 5.76 Å². The van der Waals surface area contributed by atoms with E-state index >= 15 is 0 Å². The van der Waals surface area contributed by atoms with Crippen molar-refractivity contribution in [3.63, 3.8) is 0 Å². The largest absolute Gasteiger partial charge is 0.503 e. The molecule has 1 aromatic rings. The Morgan fingerprint density at radius 2 is 1.83 bits per heavy atom. The number of nitrogens with zero attached hydrogens (tertiary/aromatic N) is 1. The smallest absolute Gasteiger partial charge is 0.342 e.